The number of benzene rings is 4. The van der Waals surface area contributed by atoms with Crippen LogP contribution >= 0.6 is 0 Å². The van der Waals surface area contributed by atoms with Gasteiger partial charge in [0.25, 0.3) is 5.69 Å². The lowest BCUT2D eigenvalue weighted by molar-refractivity contribution is -0.384. The van der Waals surface area contributed by atoms with Crippen LogP contribution in [0.2, 0.25) is 0 Å². The standard InChI is InChI=1S/C32H26N2O6/c35-24-18-28(32(36)37)33(19-24)26-15-14-23(17-27(26)34(38)39)21-10-12-22(13-11-21)31-25-8-4-5-9-29(25)40-30(31)16-20-6-2-1-3-7-20/h1-15,17,24,28,35H,16,18-19H2,(H,36,37)/t24?,28-/m0/s1. The summed E-state index contributed by atoms with van der Waals surface area (Å²) in [5, 5.41) is 32.6. The Morgan fingerprint density at radius 3 is 2.33 bits per heavy atom. The molecule has 2 heterocycles. The van der Waals surface area contributed by atoms with Crippen LogP contribution in [-0.2, 0) is 11.2 Å². The Bertz CT molecular complexity index is 1710. The number of carboxylic acid groups (broad SMARTS) is 1. The van der Waals surface area contributed by atoms with Gasteiger partial charge in [-0.05, 0) is 34.4 Å². The molecule has 8 nitrogen and oxygen atoms in total. The van der Waals surface area contributed by atoms with Crippen molar-refractivity contribution in [2.24, 2.45) is 0 Å². The molecule has 8 heteroatoms. The lowest BCUT2D eigenvalue weighted by atomic mass is 9.96. The number of fused-ring (bicyclic) bond motifs is 1. The second kappa shape index (κ2) is 10.3. The highest BCUT2D eigenvalue weighted by Crippen LogP contribution is 2.39. The van der Waals surface area contributed by atoms with E-state index in [9.17, 15) is 25.1 Å². The van der Waals surface area contributed by atoms with Gasteiger partial charge in [-0.1, -0.05) is 78.9 Å². The minimum atomic E-state index is -1.12. The van der Waals surface area contributed by atoms with Crippen molar-refractivity contribution in [2.75, 3.05) is 11.4 Å². The number of hydrogen-bond acceptors (Lipinski definition) is 6. The minimum absolute atomic E-state index is 0.0185. The van der Waals surface area contributed by atoms with Crippen LogP contribution in [0.3, 0.4) is 0 Å². The predicted octanol–water partition coefficient (Wildman–Crippen LogP) is 6.29. The number of carbonyl (C=O) groups is 1. The monoisotopic (exact) mass is 534 g/mol. The van der Waals surface area contributed by atoms with Crippen molar-refractivity contribution in [3.63, 3.8) is 0 Å². The fourth-order valence-electron chi connectivity index (χ4n) is 5.55. The highest BCUT2D eigenvalue weighted by molar-refractivity contribution is 5.96. The first kappa shape index (κ1) is 25.3. The first-order valence-corrected chi connectivity index (χ1v) is 13.0. The van der Waals surface area contributed by atoms with E-state index in [2.05, 4.69) is 12.1 Å². The van der Waals surface area contributed by atoms with E-state index < -0.39 is 23.0 Å². The van der Waals surface area contributed by atoms with E-state index in [-0.39, 0.29) is 24.3 Å². The maximum absolute atomic E-state index is 12.0. The topological polar surface area (TPSA) is 117 Å². The van der Waals surface area contributed by atoms with E-state index >= 15 is 0 Å². The van der Waals surface area contributed by atoms with Crippen LogP contribution in [-0.4, -0.2) is 39.8 Å². The minimum Gasteiger partial charge on any atom is -0.480 e. The van der Waals surface area contributed by atoms with Gasteiger partial charge in [0.2, 0.25) is 0 Å². The van der Waals surface area contributed by atoms with Gasteiger partial charge in [-0.15, -0.1) is 0 Å². The van der Waals surface area contributed by atoms with Gasteiger partial charge in [-0.25, -0.2) is 4.79 Å². The molecule has 1 unspecified atom stereocenters. The summed E-state index contributed by atoms with van der Waals surface area (Å²) < 4.78 is 6.27. The zero-order valence-corrected chi connectivity index (χ0v) is 21.4. The van der Waals surface area contributed by atoms with E-state index in [1.54, 1.807) is 12.1 Å². The molecule has 0 amide bonds. The van der Waals surface area contributed by atoms with Crippen molar-refractivity contribution in [1.29, 1.82) is 0 Å². The largest absolute Gasteiger partial charge is 0.480 e. The van der Waals surface area contributed by atoms with Gasteiger partial charge in [0.15, 0.2) is 0 Å². The third-order valence-corrected chi connectivity index (χ3v) is 7.43. The molecule has 0 aliphatic carbocycles. The maximum Gasteiger partial charge on any atom is 0.326 e. The molecule has 6 rings (SSSR count). The summed E-state index contributed by atoms with van der Waals surface area (Å²) in [6.45, 7) is 0.0236. The smallest absolute Gasteiger partial charge is 0.326 e. The van der Waals surface area contributed by atoms with E-state index in [1.165, 1.54) is 11.0 Å². The molecule has 1 saturated heterocycles. The number of furan rings is 1. The Labute approximate surface area is 229 Å². The van der Waals surface area contributed by atoms with Gasteiger partial charge in [0.1, 0.15) is 23.1 Å². The third kappa shape index (κ3) is 4.69. The molecule has 5 aromatic rings. The molecule has 1 fully saturated rings. The molecule has 1 aliphatic rings. The first-order chi connectivity index (χ1) is 19.4. The quantitative estimate of drug-likeness (QED) is 0.186. The number of hydrogen-bond donors (Lipinski definition) is 2. The maximum atomic E-state index is 12.0. The highest BCUT2D eigenvalue weighted by atomic mass is 16.6. The van der Waals surface area contributed by atoms with Gasteiger partial charge in [0, 0.05) is 36.4 Å². The van der Waals surface area contributed by atoms with Crippen LogP contribution in [0.4, 0.5) is 11.4 Å². The number of nitrogens with zero attached hydrogens (tertiary/aromatic N) is 2. The zero-order valence-electron chi connectivity index (χ0n) is 21.4. The normalized spacial score (nSPS) is 16.9. The van der Waals surface area contributed by atoms with Crippen LogP contribution in [0.1, 0.15) is 17.7 Å². The van der Waals surface area contributed by atoms with E-state index in [4.69, 9.17) is 4.42 Å². The Hall–Kier alpha value is -4.95. The van der Waals surface area contributed by atoms with Gasteiger partial charge in [0.05, 0.1) is 11.0 Å². The lowest BCUT2D eigenvalue weighted by Crippen LogP contribution is -2.36. The van der Waals surface area contributed by atoms with Crippen LogP contribution < -0.4 is 4.90 Å². The summed E-state index contributed by atoms with van der Waals surface area (Å²) in [5.41, 5.74) is 5.34. The summed E-state index contributed by atoms with van der Waals surface area (Å²) in [6, 6.07) is 29.6. The third-order valence-electron chi connectivity index (χ3n) is 7.43. The van der Waals surface area contributed by atoms with Crippen molar-refractivity contribution in [1.82, 2.24) is 0 Å². The number of β-amino-alcohol motifs (C(OH)–C–C–N with tert-alkyl or cyclic N) is 1. The molecule has 0 saturated carbocycles. The van der Waals surface area contributed by atoms with Gasteiger partial charge >= 0.3 is 5.97 Å². The number of anilines is 1. The molecule has 2 atom stereocenters. The SMILES string of the molecule is O=C(O)[C@@H]1CC(O)CN1c1ccc(-c2ccc(-c3c(Cc4ccccc4)oc4ccccc34)cc2)cc1[N+](=O)[O-]. The fourth-order valence-corrected chi connectivity index (χ4v) is 5.55. The van der Waals surface area contributed by atoms with E-state index in [0.717, 1.165) is 39.0 Å². The number of aliphatic carboxylic acids is 1. The summed E-state index contributed by atoms with van der Waals surface area (Å²) in [5.74, 6) is -0.259. The number of aliphatic hydroxyl groups excluding tert-OH is 1. The van der Waals surface area contributed by atoms with Gasteiger partial charge < -0.3 is 19.5 Å². The number of aliphatic hydroxyl groups is 1. The second-order valence-corrected chi connectivity index (χ2v) is 9.99. The number of rotatable bonds is 7. The average molecular weight is 535 g/mol. The number of nitro benzene ring substituents is 1. The molecule has 200 valence electrons. The molecule has 4 aromatic carbocycles. The molecule has 2 N–H and O–H groups in total. The van der Waals surface area contributed by atoms with Crippen molar-refractivity contribution >= 4 is 28.3 Å². The van der Waals surface area contributed by atoms with Gasteiger partial charge in [-0.2, -0.15) is 0 Å². The lowest BCUT2D eigenvalue weighted by Gasteiger charge is -2.23. The molecule has 0 bridgehead atoms. The zero-order chi connectivity index (χ0) is 27.8. The Kier molecular flexibility index (Phi) is 6.53. The molecular formula is C32H26N2O6. The molecule has 40 heavy (non-hydrogen) atoms. The Morgan fingerprint density at radius 1 is 0.925 bits per heavy atom. The van der Waals surface area contributed by atoms with Crippen LogP contribution in [0.15, 0.2) is 101 Å². The molecule has 1 aliphatic heterocycles. The number of carboxylic acids is 1. The molecular weight excluding hydrogens is 508 g/mol. The summed E-state index contributed by atoms with van der Waals surface area (Å²) >= 11 is 0. The Balaban J connectivity index is 1.36. The number of para-hydroxylation sites is 1. The van der Waals surface area contributed by atoms with E-state index in [1.807, 2.05) is 66.7 Å². The van der Waals surface area contributed by atoms with Gasteiger partial charge in [-0.3, -0.25) is 10.1 Å². The highest BCUT2D eigenvalue weighted by Gasteiger charge is 2.39. The van der Waals surface area contributed by atoms with Crippen LogP contribution in [0, 0.1) is 10.1 Å². The van der Waals surface area contributed by atoms with Crippen LogP contribution in [0.25, 0.3) is 33.2 Å². The number of nitro groups is 1. The van der Waals surface area contributed by atoms with Crippen molar-refractivity contribution in [2.45, 2.75) is 25.0 Å². The molecule has 0 radical (unpaired) electrons. The van der Waals surface area contributed by atoms with E-state index in [0.29, 0.717) is 12.0 Å². The van der Waals surface area contributed by atoms with Crippen molar-refractivity contribution < 1.29 is 24.3 Å². The summed E-state index contributed by atoms with van der Waals surface area (Å²) in [6.07, 6.45) is -0.202. The summed E-state index contributed by atoms with van der Waals surface area (Å²) in [7, 11) is 0. The molecule has 0 spiro atoms. The van der Waals surface area contributed by atoms with Crippen LogP contribution in [0.5, 0.6) is 0 Å². The fraction of sp³-hybridized carbons (Fsp3) is 0.156. The van der Waals surface area contributed by atoms with Crippen molar-refractivity contribution in [3.05, 3.63) is 118 Å². The summed E-state index contributed by atoms with van der Waals surface area (Å²) in [4.78, 5) is 24.6. The Morgan fingerprint density at radius 2 is 1.60 bits per heavy atom. The molecule has 1 aromatic heterocycles. The van der Waals surface area contributed by atoms with Crippen molar-refractivity contribution in [3.8, 4) is 22.3 Å². The first-order valence-electron chi connectivity index (χ1n) is 13.0. The predicted molar refractivity (Wildman–Crippen MR) is 152 cm³/mol. The second-order valence-electron chi connectivity index (χ2n) is 9.99. The average Bonchev–Trinajstić information content (AvgIpc) is 3.53.